The van der Waals surface area contributed by atoms with E-state index in [1.165, 1.54) is 0 Å². The average molecular weight is 172 g/mol. The molecule has 0 bridgehead atoms. The number of rotatable bonds is 2. The monoisotopic (exact) mass is 172 g/mol. The highest BCUT2D eigenvalue weighted by molar-refractivity contribution is 5.89. The third-order valence-electron chi connectivity index (χ3n) is 0.368. The first-order valence-corrected chi connectivity index (χ1v) is 2.77. The van der Waals surface area contributed by atoms with Crippen LogP contribution in [0.3, 0.4) is 0 Å². The molecule has 0 aliphatic rings. The molecule has 0 radical (unpaired) electrons. The number of carbonyl (C=O) groups is 2. The van der Waals surface area contributed by atoms with Crippen molar-refractivity contribution >= 4 is 11.9 Å². The zero-order valence-electron chi connectivity index (χ0n) is 6.69. The van der Waals surface area contributed by atoms with Crippen molar-refractivity contribution < 1.29 is 19.8 Å². The normalized spacial score (nSPS) is 7.00. The average Bonchev–Trinajstić information content (AvgIpc) is 2.08. The van der Waals surface area contributed by atoms with Crippen molar-refractivity contribution in [1.29, 1.82) is 0 Å². The van der Waals surface area contributed by atoms with Crippen LogP contribution < -0.4 is 0 Å². The zero-order valence-corrected chi connectivity index (χ0v) is 6.69. The zero-order chi connectivity index (χ0) is 10.6. The van der Waals surface area contributed by atoms with Crippen LogP contribution in [0.5, 0.6) is 0 Å². The molecule has 0 fully saturated rings. The van der Waals surface area contributed by atoms with Gasteiger partial charge in [0.25, 0.3) is 0 Å². The van der Waals surface area contributed by atoms with Crippen LogP contribution in [-0.4, -0.2) is 22.2 Å². The molecule has 2 N–H and O–H groups in total. The van der Waals surface area contributed by atoms with E-state index >= 15 is 0 Å². The van der Waals surface area contributed by atoms with E-state index in [0.29, 0.717) is 12.2 Å². The highest BCUT2D eigenvalue weighted by Crippen LogP contribution is 1.70. The van der Waals surface area contributed by atoms with Gasteiger partial charge in [0.1, 0.15) is 0 Å². The molecule has 0 aliphatic heterocycles. The fraction of sp³-hybridized carbons (Fsp3) is 0. The maximum absolute atomic E-state index is 9.55. The summed E-state index contributed by atoms with van der Waals surface area (Å²) in [4.78, 5) is 19.1. The van der Waals surface area contributed by atoms with E-state index in [4.69, 9.17) is 10.2 Å². The molecular weight excluding hydrogens is 160 g/mol. The van der Waals surface area contributed by atoms with Crippen LogP contribution in [0.2, 0.25) is 0 Å². The minimum absolute atomic E-state index is 0.558. The van der Waals surface area contributed by atoms with Crippen molar-refractivity contribution in [2.45, 2.75) is 0 Å². The molecule has 0 aromatic carbocycles. The molecule has 0 aliphatic carbocycles. The van der Waals surface area contributed by atoms with Crippen LogP contribution in [0.15, 0.2) is 38.5 Å². The van der Waals surface area contributed by atoms with Crippen molar-refractivity contribution in [3.8, 4) is 0 Å². The van der Waals surface area contributed by atoms with Gasteiger partial charge in [0.2, 0.25) is 0 Å². The third-order valence-corrected chi connectivity index (χ3v) is 0.368. The first kappa shape index (κ1) is 16.6. The molecule has 0 aromatic rings. The lowest BCUT2D eigenvalue weighted by Crippen LogP contribution is -1.91. The Labute approximate surface area is 71.1 Å². The number of carboxylic acid groups (broad SMARTS) is 2. The van der Waals surface area contributed by atoms with Gasteiger partial charge in [-0.1, -0.05) is 0 Å². The summed E-state index contributed by atoms with van der Waals surface area (Å²) in [6, 6.07) is 0. The van der Waals surface area contributed by atoms with E-state index in [9.17, 15) is 9.59 Å². The first-order valence-electron chi connectivity index (χ1n) is 2.77. The summed E-state index contributed by atoms with van der Waals surface area (Å²) >= 11 is 0. The molecule has 0 saturated heterocycles. The number of hydrogen-bond donors (Lipinski definition) is 2. The molecule has 68 valence electrons. The second kappa shape index (κ2) is 16.1. The number of carboxylic acids is 2. The summed E-state index contributed by atoms with van der Waals surface area (Å²) in [6.45, 7) is 12.0. The fourth-order valence-electron chi connectivity index (χ4n) is 0.143. The highest BCUT2D eigenvalue weighted by Gasteiger charge is 1.88. The van der Waals surface area contributed by atoms with E-state index in [1.54, 1.807) is 0 Å². The number of hydrogen-bond acceptors (Lipinski definition) is 2. The Balaban J connectivity index is -0.000000175. The summed E-state index contributed by atoms with van der Waals surface area (Å²) in [5, 5.41) is 15.6. The predicted molar refractivity (Wildman–Crippen MR) is 46.9 cm³/mol. The highest BCUT2D eigenvalue weighted by atomic mass is 16.4. The molecule has 0 spiro atoms. The van der Waals surface area contributed by atoms with Crippen molar-refractivity contribution in [3.63, 3.8) is 0 Å². The van der Waals surface area contributed by atoms with Crippen LogP contribution in [0, 0.1) is 0 Å². The summed E-state index contributed by atoms with van der Waals surface area (Å²) in [6.07, 6.45) is 1.12. The Morgan fingerprint density at radius 3 is 1.08 bits per heavy atom. The molecular formula is C8H12O4. The van der Waals surface area contributed by atoms with Crippen molar-refractivity contribution in [2.75, 3.05) is 0 Å². The van der Waals surface area contributed by atoms with Crippen molar-refractivity contribution in [2.24, 2.45) is 0 Å². The van der Waals surface area contributed by atoms with Gasteiger partial charge < -0.3 is 10.2 Å². The van der Waals surface area contributed by atoms with Gasteiger partial charge in [-0.25, -0.2) is 9.59 Å². The predicted octanol–water partition coefficient (Wildman–Crippen LogP) is 1.32. The van der Waals surface area contributed by atoms with Crippen LogP contribution in [0.1, 0.15) is 0 Å². The van der Waals surface area contributed by atoms with Crippen LogP contribution in [-0.2, 0) is 9.59 Å². The van der Waals surface area contributed by atoms with E-state index < -0.39 is 11.9 Å². The Hall–Kier alpha value is -1.84. The lowest BCUT2D eigenvalue weighted by Gasteiger charge is -1.74. The van der Waals surface area contributed by atoms with Crippen LogP contribution >= 0.6 is 0 Å². The molecule has 12 heavy (non-hydrogen) atoms. The van der Waals surface area contributed by atoms with Gasteiger partial charge in [0, 0.05) is 12.2 Å². The molecule has 4 heteroatoms. The third kappa shape index (κ3) is 41.9. The molecule has 0 heterocycles. The van der Waals surface area contributed by atoms with Gasteiger partial charge >= 0.3 is 11.9 Å². The molecule has 0 saturated carbocycles. The maximum Gasteiger partial charge on any atom is 0.328 e. The lowest BCUT2D eigenvalue weighted by molar-refractivity contribution is -0.134. The second-order valence-electron chi connectivity index (χ2n) is 1.01. The SMILES string of the molecule is C=C.C=C.O=C(O)/C=C\C(=O)O. The van der Waals surface area contributed by atoms with Gasteiger partial charge in [-0.3, -0.25) is 0 Å². The molecule has 0 rings (SSSR count). The van der Waals surface area contributed by atoms with Gasteiger partial charge in [0.15, 0.2) is 0 Å². The lowest BCUT2D eigenvalue weighted by atomic mass is 10.5. The summed E-state index contributed by atoms with van der Waals surface area (Å²) in [7, 11) is 0. The largest absolute Gasteiger partial charge is 0.478 e. The minimum atomic E-state index is -1.26. The molecule has 4 nitrogen and oxygen atoms in total. The first-order chi connectivity index (χ1) is 5.63. The second-order valence-corrected chi connectivity index (χ2v) is 1.01. The Bertz CT molecular complexity index is 142. The van der Waals surface area contributed by atoms with E-state index in [1.807, 2.05) is 0 Å². The number of aliphatic carboxylic acids is 2. The van der Waals surface area contributed by atoms with Gasteiger partial charge in [-0.05, 0) is 0 Å². The minimum Gasteiger partial charge on any atom is -0.478 e. The molecule has 0 atom stereocenters. The van der Waals surface area contributed by atoms with E-state index in [0.717, 1.165) is 0 Å². The van der Waals surface area contributed by atoms with Crippen molar-refractivity contribution in [3.05, 3.63) is 38.5 Å². The van der Waals surface area contributed by atoms with E-state index in [2.05, 4.69) is 26.3 Å². The summed E-state index contributed by atoms with van der Waals surface area (Å²) in [5.74, 6) is -2.51. The van der Waals surface area contributed by atoms with Gasteiger partial charge in [-0.15, -0.1) is 26.3 Å². The van der Waals surface area contributed by atoms with Crippen LogP contribution in [0.25, 0.3) is 0 Å². The Morgan fingerprint density at radius 1 is 0.833 bits per heavy atom. The molecule has 0 aromatic heterocycles. The smallest absolute Gasteiger partial charge is 0.328 e. The quantitative estimate of drug-likeness (QED) is 0.486. The fourth-order valence-corrected chi connectivity index (χ4v) is 0.143. The molecule has 0 amide bonds. The van der Waals surface area contributed by atoms with Gasteiger partial charge in [-0.2, -0.15) is 0 Å². The maximum atomic E-state index is 9.55. The van der Waals surface area contributed by atoms with Gasteiger partial charge in [0.05, 0.1) is 0 Å². The van der Waals surface area contributed by atoms with Crippen molar-refractivity contribution in [1.82, 2.24) is 0 Å². The Morgan fingerprint density at radius 2 is 1.00 bits per heavy atom. The van der Waals surface area contributed by atoms with E-state index in [-0.39, 0.29) is 0 Å². The summed E-state index contributed by atoms with van der Waals surface area (Å²) < 4.78 is 0. The van der Waals surface area contributed by atoms with Crippen LogP contribution in [0.4, 0.5) is 0 Å². The topological polar surface area (TPSA) is 74.6 Å². The standard InChI is InChI=1S/C4H4O4.2C2H4/c5-3(6)1-2-4(7)8;2*1-2/h1-2H,(H,5,6)(H,7,8);2*1-2H2/b2-1-;;. The molecule has 0 unspecified atom stereocenters. The summed E-state index contributed by atoms with van der Waals surface area (Å²) in [5.41, 5.74) is 0. The Kier molecular flexibility index (Phi) is 22.3.